The number of rotatable bonds is 4. The summed E-state index contributed by atoms with van der Waals surface area (Å²) in [5, 5.41) is 0.958. The summed E-state index contributed by atoms with van der Waals surface area (Å²) in [6, 6.07) is 10.0. The Labute approximate surface area is 221 Å². The standard InChI is InChI=1S/C29H31ClFN5O/c1-16(2)24-26(19(5)10-11-32-24)36-28-21(13-22(30)25(33-28)20-8-6-7-9-23(20)31)27(34-29(36)37)35-14-17(3)12-18(4)15-35/h6-11,13,16-18H,12,14-15H2,1-5H3/t17-,18+. The molecule has 5 rings (SSSR count). The normalized spacial score (nSPS) is 18.1. The summed E-state index contributed by atoms with van der Waals surface area (Å²) in [6.07, 6.45) is 2.86. The molecular weight excluding hydrogens is 489 g/mol. The Kier molecular flexibility index (Phi) is 6.75. The molecule has 0 saturated carbocycles. The minimum atomic E-state index is -0.444. The molecule has 0 spiro atoms. The Morgan fingerprint density at radius 2 is 1.78 bits per heavy atom. The van der Waals surface area contributed by atoms with Crippen molar-refractivity contribution in [3.05, 3.63) is 75.2 Å². The molecule has 8 heteroatoms. The zero-order valence-electron chi connectivity index (χ0n) is 21.8. The van der Waals surface area contributed by atoms with Gasteiger partial charge in [0.25, 0.3) is 0 Å². The quantitative estimate of drug-likeness (QED) is 0.306. The van der Waals surface area contributed by atoms with Gasteiger partial charge in [-0.15, -0.1) is 0 Å². The van der Waals surface area contributed by atoms with Gasteiger partial charge in [-0.05, 0) is 60.9 Å². The second-order valence-corrected chi connectivity index (χ2v) is 11.0. The number of halogens is 2. The third-order valence-corrected chi connectivity index (χ3v) is 7.31. The molecule has 1 aliphatic rings. The number of benzene rings is 1. The molecule has 1 aromatic carbocycles. The van der Waals surface area contributed by atoms with Gasteiger partial charge in [0.1, 0.15) is 11.6 Å². The van der Waals surface area contributed by atoms with Crippen LogP contribution in [0.4, 0.5) is 10.2 Å². The Morgan fingerprint density at radius 3 is 2.46 bits per heavy atom. The maximum absolute atomic E-state index is 14.9. The van der Waals surface area contributed by atoms with Gasteiger partial charge in [-0.1, -0.05) is 51.4 Å². The summed E-state index contributed by atoms with van der Waals surface area (Å²) in [5.41, 5.74) is 2.80. The van der Waals surface area contributed by atoms with Gasteiger partial charge in [0.2, 0.25) is 0 Å². The van der Waals surface area contributed by atoms with Gasteiger partial charge < -0.3 is 4.90 Å². The second kappa shape index (κ2) is 9.86. The SMILES string of the molecule is Cc1ccnc(C(C)C)c1-n1c(=O)nc(N2C[C@H](C)C[C@H](C)C2)c2cc(Cl)c(-c3ccccc3F)nc21. The molecule has 2 atom stereocenters. The van der Waals surface area contributed by atoms with E-state index in [9.17, 15) is 9.18 Å². The first kappa shape index (κ1) is 25.3. The van der Waals surface area contributed by atoms with Gasteiger partial charge in [0.15, 0.2) is 5.65 Å². The minimum Gasteiger partial charge on any atom is -0.355 e. The van der Waals surface area contributed by atoms with Gasteiger partial charge >= 0.3 is 5.69 Å². The molecule has 1 saturated heterocycles. The summed E-state index contributed by atoms with van der Waals surface area (Å²) in [5.74, 6) is 1.10. The van der Waals surface area contributed by atoms with E-state index in [4.69, 9.17) is 16.6 Å². The van der Waals surface area contributed by atoms with E-state index in [1.807, 2.05) is 26.8 Å². The Hall–Kier alpha value is -3.32. The molecule has 192 valence electrons. The fraction of sp³-hybridized carbons (Fsp3) is 0.379. The molecule has 37 heavy (non-hydrogen) atoms. The topological polar surface area (TPSA) is 63.9 Å². The predicted octanol–water partition coefficient (Wildman–Crippen LogP) is 6.55. The summed E-state index contributed by atoms with van der Waals surface area (Å²) in [7, 11) is 0. The molecular formula is C29H31ClFN5O. The molecule has 0 radical (unpaired) electrons. The highest BCUT2D eigenvalue weighted by Gasteiger charge is 2.28. The lowest BCUT2D eigenvalue weighted by Crippen LogP contribution is -2.40. The summed E-state index contributed by atoms with van der Waals surface area (Å²) < 4.78 is 16.4. The first-order valence-corrected chi connectivity index (χ1v) is 13.1. The largest absolute Gasteiger partial charge is 0.355 e. The lowest BCUT2D eigenvalue weighted by molar-refractivity contribution is 0.355. The maximum Gasteiger partial charge on any atom is 0.355 e. The van der Waals surface area contributed by atoms with Crippen molar-refractivity contribution in [3.8, 4) is 16.9 Å². The summed E-state index contributed by atoms with van der Waals surface area (Å²) in [6.45, 7) is 12.0. The van der Waals surface area contributed by atoms with Crippen LogP contribution in [0.1, 0.15) is 51.3 Å². The predicted molar refractivity (Wildman–Crippen MR) is 147 cm³/mol. The fourth-order valence-electron chi connectivity index (χ4n) is 5.51. The van der Waals surface area contributed by atoms with Gasteiger partial charge in [-0.2, -0.15) is 4.98 Å². The van der Waals surface area contributed by atoms with Crippen molar-refractivity contribution in [1.29, 1.82) is 0 Å². The van der Waals surface area contributed by atoms with Crippen molar-refractivity contribution in [2.45, 2.75) is 47.0 Å². The van der Waals surface area contributed by atoms with Gasteiger partial charge in [0, 0.05) is 24.8 Å². The molecule has 4 heterocycles. The highest BCUT2D eigenvalue weighted by molar-refractivity contribution is 6.33. The molecule has 4 aromatic rings. The van der Waals surface area contributed by atoms with Crippen molar-refractivity contribution in [3.63, 3.8) is 0 Å². The van der Waals surface area contributed by atoms with Crippen molar-refractivity contribution in [1.82, 2.24) is 19.5 Å². The number of anilines is 1. The number of hydrogen-bond acceptors (Lipinski definition) is 5. The lowest BCUT2D eigenvalue weighted by atomic mass is 9.92. The monoisotopic (exact) mass is 519 g/mol. The second-order valence-electron chi connectivity index (χ2n) is 10.6. The molecule has 1 aliphatic heterocycles. The van der Waals surface area contributed by atoms with Crippen LogP contribution in [0.25, 0.3) is 28.0 Å². The van der Waals surface area contributed by atoms with Crippen LogP contribution in [0, 0.1) is 24.6 Å². The summed E-state index contributed by atoms with van der Waals surface area (Å²) >= 11 is 6.75. The van der Waals surface area contributed by atoms with E-state index in [1.165, 1.54) is 10.6 Å². The van der Waals surface area contributed by atoms with Crippen LogP contribution in [0.2, 0.25) is 5.02 Å². The van der Waals surface area contributed by atoms with E-state index in [0.717, 1.165) is 30.8 Å². The van der Waals surface area contributed by atoms with Gasteiger partial charge in [-0.25, -0.2) is 18.7 Å². The van der Waals surface area contributed by atoms with Crippen LogP contribution in [-0.2, 0) is 0 Å². The number of piperidine rings is 1. The van der Waals surface area contributed by atoms with Crippen LogP contribution in [0.3, 0.4) is 0 Å². The van der Waals surface area contributed by atoms with E-state index >= 15 is 0 Å². The van der Waals surface area contributed by atoms with Crippen molar-refractivity contribution in [2.75, 3.05) is 18.0 Å². The Balaban J connectivity index is 1.88. The van der Waals surface area contributed by atoms with Crippen LogP contribution in [-0.4, -0.2) is 32.6 Å². The minimum absolute atomic E-state index is 0.0543. The van der Waals surface area contributed by atoms with E-state index in [1.54, 1.807) is 30.5 Å². The van der Waals surface area contributed by atoms with Crippen molar-refractivity contribution in [2.24, 2.45) is 11.8 Å². The fourth-order valence-corrected chi connectivity index (χ4v) is 5.76. The van der Waals surface area contributed by atoms with Crippen LogP contribution >= 0.6 is 11.6 Å². The molecule has 0 aliphatic carbocycles. The average Bonchev–Trinajstić information content (AvgIpc) is 2.84. The molecule has 0 amide bonds. The molecule has 0 unspecified atom stereocenters. The van der Waals surface area contributed by atoms with Crippen LogP contribution < -0.4 is 10.6 Å². The number of aromatic nitrogens is 4. The Morgan fingerprint density at radius 1 is 1.08 bits per heavy atom. The zero-order valence-corrected chi connectivity index (χ0v) is 22.6. The number of pyridine rings is 2. The highest BCUT2D eigenvalue weighted by atomic mass is 35.5. The molecule has 1 fully saturated rings. The van der Waals surface area contributed by atoms with E-state index in [-0.39, 0.29) is 17.2 Å². The van der Waals surface area contributed by atoms with E-state index in [0.29, 0.717) is 39.4 Å². The third kappa shape index (κ3) is 4.61. The van der Waals surface area contributed by atoms with Gasteiger partial charge in [0.05, 0.1) is 27.5 Å². The molecule has 0 bridgehead atoms. The lowest BCUT2D eigenvalue weighted by Gasteiger charge is -2.36. The first-order valence-electron chi connectivity index (χ1n) is 12.7. The van der Waals surface area contributed by atoms with Crippen molar-refractivity contribution < 1.29 is 4.39 Å². The summed E-state index contributed by atoms with van der Waals surface area (Å²) in [4.78, 5) is 30.1. The van der Waals surface area contributed by atoms with Crippen LogP contribution in [0.5, 0.6) is 0 Å². The highest BCUT2D eigenvalue weighted by Crippen LogP contribution is 2.36. The molecule has 0 N–H and O–H groups in total. The molecule has 3 aromatic heterocycles. The van der Waals surface area contributed by atoms with Crippen molar-refractivity contribution >= 4 is 28.5 Å². The smallest absolute Gasteiger partial charge is 0.355 e. The number of aryl methyl sites for hydroxylation is 1. The third-order valence-electron chi connectivity index (χ3n) is 7.02. The van der Waals surface area contributed by atoms with Crippen LogP contribution in [0.15, 0.2) is 47.4 Å². The van der Waals surface area contributed by atoms with Gasteiger partial charge in [-0.3, -0.25) is 4.98 Å². The number of hydrogen-bond donors (Lipinski definition) is 0. The number of nitrogens with zero attached hydrogens (tertiary/aromatic N) is 5. The average molecular weight is 520 g/mol. The maximum atomic E-state index is 14.9. The molecule has 6 nitrogen and oxygen atoms in total. The zero-order chi connectivity index (χ0) is 26.4. The Bertz CT molecular complexity index is 1540. The van der Waals surface area contributed by atoms with E-state index in [2.05, 4.69) is 28.7 Å². The number of fused-ring (bicyclic) bond motifs is 1. The van der Waals surface area contributed by atoms with E-state index < -0.39 is 11.5 Å². The first-order chi connectivity index (χ1) is 17.7.